The third kappa shape index (κ3) is 3.30. The number of methoxy groups -OCH3 is 1. The maximum Gasteiger partial charge on any atom is 0.213 e. The molecule has 29 heavy (non-hydrogen) atoms. The molecule has 1 saturated carbocycles. The summed E-state index contributed by atoms with van der Waals surface area (Å²) in [6, 6.07) is 12.3. The van der Waals surface area contributed by atoms with Crippen LogP contribution in [0.15, 0.2) is 48.8 Å². The minimum absolute atomic E-state index is 0.0711. The topological polar surface area (TPSA) is 51.9 Å². The van der Waals surface area contributed by atoms with Crippen LogP contribution < -0.4 is 4.74 Å². The lowest BCUT2D eigenvalue weighted by Crippen LogP contribution is -2.52. The number of rotatable bonds is 5. The van der Waals surface area contributed by atoms with E-state index in [-0.39, 0.29) is 11.7 Å². The fourth-order valence-corrected chi connectivity index (χ4v) is 5.19. The summed E-state index contributed by atoms with van der Waals surface area (Å²) >= 11 is 0. The summed E-state index contributed by atoms with van der Waals surface area (Å²) in [5, 5.41) is 0. The van der Waals surface area contributed by atoms with Gasteiger partial charge in [0.2, 0.25) is 5.88 Å². The molecule has 0 amide bonds. The lowest BCUT2D eigenvalue weighted by molar-refractivity contribution is -0.0844. The minimum atomic E-state index is -0.0711. The van der Waals surface area contributed by atoms with Crippen LogP contribution in [0.3, 0.4) is 0 Å². The lowest BCUT2D eigenvalue weighted by atomic mass is 9.79. The number of likely N-dealkylation sites (tertiary alicyclic amines) is 1. The van der Waals surface area contributed by atoms with Crippen LogP contribution in [-0.4, -0.2) is 50.7 Å². The minimum Gasteiger partial charge on any atom is -0.474 e. The molecule has 0 unspecified atom stereocenters. The molecule has 3 atom stereocenters. The molecule has 2 fully saturated rings. The first-order valence-electron chi connectivity index (χ1n) is 10.5. The second-order valence-corrected chi connectivity index (χ2v) is 8.26. The number of aryl methyl sites for hydroxylation is 1. The van der Waals surface area contributed by atoms with E-state index in [2.05, 4.69) is 39.5 Å². The Morgan fingerprint density at radius 1 is 1.17 bits per heavy atom. The molecule has 6 heteroatoms. The van der Waals surface area contributed by atoms with Gasteiger partial charge in [-0.15, -0.1) is 0 Å². The number of ether oxygens (including phenoxy) is 2. The Labute approximate surface area is 171 Å². The monoisotopic (exact) mass is 392 g/mol. The molecule has 0 N–H and O–H groups in total. The van der Waals surface area contributed by atoms with Crippen molar-refractivity contribution >= 4 is 5.65 Å². The molecule has 4 heterocycles. The van der Waals surface area contributed by atoms with Gasteiger partial charge in [-0.25, -0.2) is 9.97 Å². The Kier molecular flexibility index (Phi) is 4.76. The smallest absolute Gasteiger partial charge is 0.213 e. The van der Waals surface area contributed by atoms with Crippen molar-refractivity contribution in [2.45, 2.75) is 56.9 Å². The van der Waals surface area contributed by atoms with E-state index in [9.17, 15) is 0 Å². The molecular weight excluding hydrogens is 364 g/mol. The van der Waals surface area contributed by atoms with Gasteiger partial charge in [0.15, 0.2) is 0 Å². The Morgan fingerprint density at radius 2 is 2.07 bits per heavy atom. The molecule has 1 aliphatic carbocycles. The van der Waals surface area contributed by atoms with Crippen molar-refractivity contribution in [2.75, 3.05) is 13.7 Å². The highest BCUT2D eigenvalue weighted by molar-refractivity contribution is 5.42. The molecule has 0 radical (unpaired) electrons. The van der Waals surface area contributed by atoms with Gasteiger partial charge in [0.05, 0.1) is 17.0 Å². The molecule has 1 saturated heterocycles. The molecule has 1 aliphatic heterocycles. The first-order valence-corrected chi connectivity index (χ1v) is 10.5. The van der Waals surface area contributed by atoms with E-state index in [0.717, 1.165) is 50.1 Å². The Morgan fingerprint density at radius 3 is 2.90 bits per heavy atom. The molecule has 3 aromatic heterocycles. The lowest BCUT2D eigenvalue weighted by Gasteiger charge is -2.43. The summed E-state index contributed by atoms with van der Waals surface area (Å²) in [7, 11) is 1.87. The van der Waals surface area contributed by atoms with Crippen molar-refractivity contribution in [1.29, 1.82) is 0 Å². The number of pyridine rings is 2. The van der Waals surface area contributed by atoms with E-state index in [1.807, 2.05) is 31.4 Å². The normalized spacial score (nSPS) is 27.2. The Hall–Kier alpha value is -2.44. The van der Waals surface area contributed by atoms with Gasteiger partial charge in [-0.3, -0.25) is 4.90 Å². The molecule has 2 aliphatic rings. The third-order valence-electron chi connectivity index (χ3n) is 6.76. The van der Waals surface area contributed by atoms with Gasteiger partial charge >= 0.3 is 0 Å². The second kappa shape index (κ2) is 7.43. The van der Waals surface area contributed by atoms with Gasteiger partial charge in [0.1, 0.15) is 11.8 Å². The first kappa shape index (κ1) is 18.6. The fraction of sp³-hybridized carbons (Fsp3) is 0.478. The number of hydrogen-bond acceptors (Lipinski definition) is 5. The van der Waals surface area contributed by atoms with Crippen molar-refractivity contribution in [2.24, 2.45) is 0 Å². The van der Waals surface area contributed by atoms with Gasteiger partial charge in [-0.2, -0.15) is 0 Å². The van der Waals surface area contributed by atoms with Gasteiger partial charge in [0.25, 0.3) is 0 Å². The molecular formula is C23H28N4O2. The molecule has 0 aromatic carbocycles. The van der Waals surface area contributed by atoms with Gasteiger partial charge in [0, 0.05) is 51.1 Å². The molecule has 6 nitrogen and oxygen atoms in total. The fourth-order valence-electron chi connectivity index (χ4n) is 5.19. The summed E-state index contributed by atoms with van der Waals surface area (Å²) < 4.78 is 14.6. The predicted octanol–water partition coefficient (Wildman–Crippen LogP) is 3.63. The summed E-state index contributed by atoms with van der Waals surface area (Å²) in [6.07, 6.45) is 8.12. The maximum absolute atomic E-state index is 6.22. The van der Waals surface area contributed by atoms with Crippen LogP contribution in [0.2, 0.25) is 0 Å². The van der Waals surface area contributed by atoms with Gasteiger partial charge in [-0.05, 0) is 44.4 Å². The third-order valence-corrected chi connectivity index (χ3v) is 6.76. The molecule has 5 rings (SSSR count). The quantitative estimate of drug-likeness (QED) is 0.664. The van der Waals surface area contributed by atoms with Crippen molar-refractivity contribution in [1.82, 2.24) is 19.3 Å². The van der Waals surface area contributed by atoms with Crippen LogP contribution in [0.5, 0.6) is 5.88 Å². The maximum atomic E-state index is 6.22. The van der Waals surface area contributed by atoms with E-state index in [1.54, 1.807) is 6.20 Å². The van der Waals surface area contributed by atoms with Crippen molar-refractivity contribution in [3.63, 3.8) is 0 Å². The molecule has 0 bridgehead atoms. The number of nitrogens with zero attached hydrogens (tertiary/aromatic N) is 4. The van der Waals surface area contributed by atoms with Crippen LogP contribution in [0.25, 0.3) is 5.65 Å². The molecule has 152 valence electrons. The van der Waals surface area contributed by atoms with E-state index in [1.165, 1.54) is 5.69 Å². The van der Waals surface area contributed by atoms with Crippen LogP contribution in [0.1, 0.15) is 37.1 Å². The Bertz CT molecular complexity index is 989. The summed E-state index contributed by atoms with van der Waals surface area (Å²) in [6.45, 7) is 4.02. The van der Waals surface area contributed by atoms with Gasteiger partial charge in [-0.1, -0.05) is 12.1 Å². The average molecular weight is 393 g/mol. The zero-order valence-corrected chi connectivity index (χ0v) is 17.1. The number of aromatic nitrogens is 3. The highest BCUT2D eigenvalue weighted by Gasteiger charge is 2.51. The highest BCUT2D eigenvalue weighted by atomic mass is 16.5. The van der Waals surface area contributed by atoms with Crippen LogP contribution in [0.4, 0.5) is 0 Å². The largest absolute Gasteiger partial charge is 0.474 e. The van der Waals surface area contributed by atoms with Crippen LogP contribution >= 0.6 is 0 Å². The molecule has 0 spiro atoms. The average Bonchev–Trinajstić information content (AvgIpc) is 3.27. The zero-order chi connectivity index (χ0) is 19.8. The van der Waals surface area contributed by atoms with E-state index >= 15 is 0 Å². The number of fused-ring (bicyclic) bond motifs is 2. The van der Waals surface area contributed by atoms with Crippen molar-refractivity contribution in [3.8, 4) is 5.88 Å². The van der Waals surface area contributed by atoms with Crippen LogP contribution in [-0.2, 0) is 11.3 Å². The SMILES string of the molecule is CO[C@@]12CC[C@H](Oc3ccccn3)C[C@@H]1N(Cc1c(C)nc3ccccn13)CC2. The standard InChI is InChI=1S/C23H28N4O2/c1-17-19(27-13-6-4-7-21(27)25-17)16-26-14-11-23(28-2)10-9-18(15-20(23)26)29-22-8-3-5-12-24-22/h3-8,12-13,18,20H,9-11,14-16H2,1-2H3/t18-,20-,23+/m0/s1. The first-order chi connectivity index (χ1) is 14.2. The van der Waals surface area contributed by atoms with Gasteiger partial charge < -0.3 is 13.9 Å². The zero-order valence-electron chi connectivity index (χ0n) is 17.1. The van der Waals surface area contributed by atoms with Crippen LogP contribution in [0, 0.1) is 6.92 Å². The number of hydrogen-bond donors (Lipinski definition) is 0. The summed E-state index contributed by atoms with van der Waals surface area (Å²) in [4.78, 5) is 11.7. The van der Waals surface area contributed by atoms with Crippen molar-refractivity contribution < 1.29 is 9.47 Å². The Balaban J connectivity index is 1.38. The van der Waals surface area contributed by atoms with Crippen molar-refractivity contribution in [3.05, 3.63) is 60.2 Å². The highest BCUT2D eigenvalue weighted by Crippen LogP contribution is 2.43. The molecule has 3 aromatic rings. The number of imidazole rings is 1. The predicted molar refractivity (Wildman–Crippen MR) is 111 cm³/mol. The van der Waals surface area contributed by atoms with E-state index < -0.39 is 0 Å². The summed E-state index contributed by atoms with van der Waals surface area (Å²) in [5.41, 5.74) is 3.30. The summed E-state index contributed by atoms with van der Waals surface area (Å²) in [5.74, 6) is 0.713. The van der Waals surface area contributed by atoms with E-state index in [0.29, 0.717) is 11.9 Å². The second-order valence-electron chi connectivity index (χ2n) is 8.26. The van der Waals surface area contributed by atoms with E-state index in [4.69, 9.17) is 14.5 Å².